The molecule has 0 aliphatic heterocycles. The van der Waals surface area contributed by atoms with E-state index < -0.39 is 0 Å². The number of amides is 1. The van der Waals surface area contributed by atoms with E-state index in [4.69, 9.17) is 16.3 Å². The number of halogens is 1. The second kappa shape index (κ2) is 8.21. The van der Waals surface area contributed by atoms with Gasteiger partial charge in [0.25, 0.3) is 5.91 Å². The molecule has 0 heterocycles. The minimum Gasteiger partial charge on any atom is -0.507 e. The normalized spacial score (nSPS) is 10.6. The van der Waals surface area contributed by atoms with Crippen LogP contribution in [0, 0.1) is 6.92 Å². The maximum absolute atomic E-state index is 11.8. The van der Waals surface area contributed by atoms with Crippen LogP contribution >= 0.6 is 11.6 Å². The average Bonchev–Trinajstić information content (AvgIpc) is 2.55. The highest BCUT2D eigenvalue weighted by Gasteiger charge is 2.04. The van der Waals surface area contributed by atoms with Crippen LogP contribution in [0.3, 0.4) is 0 Å². The summed E-state index contributed by atoms with van der Waals surface area (Å²) in [5, 5.41) is 17.2. The zero-order valence-electron chi connectivity index (χ0n) is 13.3. The van der Waals surface area contributed by atoms with E-state index in [0.717, 1.165) is 11.3 Å². The molecule has 2 rings (SSSR count). The van der Waals surface area contributed by atoms with Gasteiger partial charge in [-0.25, -0.2) is 5.43 Å². The Morgan fingerprint density at radius 3 is 2.83 bits per heavy atom. The molecule has 24 heavy (non-hydrogen) atoms. The molecule has 0 atom stereocenters. The highest BCUT2D eigenvalue weighted by atomic mass is 35.5. The molecule has 3 N–H and O–H groups in total. The number of hydrogen-bond acceptors (Lipinski definition) is 5. The van der Waals surface area contributed by atoms with Crippen LogP contribution in [0.2, 0.25) is 5.02 Å². The fourth-order valence-corrected chi connectivity index (χ4v) is 2.20. The maximum atomic E-state index is 11.8. The predicted octanol–water partition coefficient (Wildman–Crippen LogP) is 2.92. The third-order valence-electron chi connectivity index (χ3n) is 3.26. The van der Waals surface area contributed by atoms with Crippen LogP contribution in [-0.4, -0.2) is 30.9 Å². The standard InChI is InChI=1S/C17H18ClN3O3/c1-11-7-13(18)3-5-15(11)19-10-17(23)21-20-9-12-8-14(24-2)4-6-16(12)22/h3-9,19,22H,10H2,1-2H3,(H,21,23)/b20-9+. The first-order valence-corrected chi connectivity index (χ1v) is 7.56. The number of hydrogen-bond donors (Lipinski definition) is 3. The number of nitrogens with one attached hydrogen (secondary N) is 2. The SMILES string of the molecule is COc1ccc(O)c(/C=N/NC(=O)CNc2ccc(Cl)cc2C)c1. The first-order valence-electron chi connectivity index (χ1n) is 7.18. The molecule has 1 amide bonds. The van der Waals surface area contributed by atoms with Crippen molar-refractivity contribution in [2.45, 2.75) is 6.92 Å². The number of nitrogens with zero attached hydrogens (tertiary/aromatic N) is 1. The summed E-state index contributed by atoms with van der Waals surface area (Å²) in [7, 11) is 1.53. The number of aryl methyl sites for hydroxylation is 1. The number of anilines is 1. The van der Waals surface area contributed by atoms with Crippen LogP contribution in [-0.2, 0) is 4.79 Å². The van der Waals surface area contributed by atoms with Crippen LogP contribution in [0.5, 0.6) is 11.5 Å². The fraction of sp³-hybridized carbons (Fsp3) is 0.176. The van der Waals surface area contributed by atoms with E-state index in [1.54, 1.807) is 18.2 Å². The molecule has 2 aromatic rings. The number of phenolic OH excluding ortho intramolecular Hbond substituents is 1. The van der Waals surface area contributed by atoms with Crippen molar-refractivity contribution in [1.29, 1.82) is 0 Å². The largest absolute Gasteiger partial charge is 0.507 e. The lowest BCUT2D eigenvalue weighted by molar-refractivity contribution is -0.119. The number of carbonyl (C=O) groups is 1. The number of phenols is 1. The lowest BCUT2D eigenvalue weighted by Crippen LogP contribution is -2.26. The zero-order valence-corrected chi connectivity index (χ0v) is 14.1. The molecule has 6 nitrogen and oxygen atoms in total. The number of carbonyl (C=O) groups excluding carboxylic acids is 1. The van der Waals surface area contributed by atoms with E-state index in [0.29, 0.717) is 16.3 Å². The zero-order chi connectivity index (χ0) is 17.5. The minimum absolute atomic E-state index is 0.0451. The minimum atomic E-state index is -0.317. The molecule has 126 valence electrons. The van der Waals surface area contributed by atoms with Crippen molar-refractivity contribution in [1.82, 2.24) is 5.43 Å². The van der Waals surface area contributed by atoms with Crippen LogP contribution in [0.1, 0.15) is 11.1 Å². The topological polar surface area (TPSA) is 83.0 Å². The Kier molecular flexibility index (Phi) is 6.03. The summed E-state index contributed by atoms with van der Waals surface area (Å²) in [6, 6.07) is 10.1. The molecule has 0 spiro atoms. The van der Waals surface area contributed by atoms with Crippen LogP contribution in [0.4, 0.5) is 5.69 Å². The Hall–Kier alpha value is -2.73. The van der Waals surface area contributed by atoms with Gasteiger partial charge in [0.15, 0.2) is 0 Å². The molecule has 0 aliphatic rings. The third-order valence-corrected chi connectivity index (χ3v) is 3.49. The quantitative estimate of drug-likeness (QED) is 0.554. The molecule has 0 saturated carbocycles. The molecular formula is C17H18ClN3O3. The van der Waals surface area contributed by atoms with Gasteiger partial charge in [0.2, 0.25) is 0 Å². The summed E-state index contributed by atoms with van der Waals surface area (Å²) in [6.45, 7) is 1.96. The summed E-state index contributed by atoms with van der Waals surface area (Å²) in [6.07, 6.45) is 1.35. The number of ether oxygens (including phenoxy) is 1. The smallest absolute Gasteiger partial charge is 0.259 e. The molecule has 0 aliphatic carbocycles. The molecule has 0 unspecified atom stereocenters. The molecular weight excluding hydrogens is 330 g/mol. The van der Waals surface area contributed by atoms with E-state index in [-0.39, 0.29) is 18.2 Å². The van der Waals surface area contributed by atoms with Crippen LogP contribution in [0.15, 0.2) is 41.5 Å². The van der Waals surface area contributed by atoms with E-state index >= 15 is 0 Å². The van der Waals surface area contributed by atoms with E-state index in [9.17, 15) is 9.90 Å². The van der Waals surface area contributed by atoms with Crippen molar-refractivity contribution >= 4 is 29.4 Å². The molecule has 0 fully saturated rings. The van der Waals surface area contributed by atoms with Gasteiger partial charge < -0.3 is 15.2 Å². The van der Waals surface area contributed by atoms with Crippen molar-refractivity contribution in [3.05, 3.63) is 52.5 Å². The van der Waals surface area contributed by atoms with Crippen molar-refractivity contribution < 1.29 is 14.6 Å². The van der Waals surface area contributed by atoms with Crippen molar-refractivity contribution in [2.75, 3.05) is 19.0 Å². The van der Waals surface area contributed by atoms with Crippen LogP contribution in [0.25, 0.3) is 0 Å². The Bertz CT molecular complexity index is 763. The highest BCUT2D eigenvalue weighted by molar-refractivity contribution is 6.30. The third kappa shape index (κ3) is 4.89. The van der Waals surface area contributed by atoms with Gasteiger partial charge >= 0.3 is 0 Å². The number of rotatable bonds is 6. The maximum Gasteiger partial charge on any atom is 0.259 e. The van der Waals surface area contributed by atoms with Gasteiger partial charge in [0.05, 0.1) is 19.9 Å². The Morgan fingerprint density at radius 1 is 1.33 bits per heavy atom. The first-order chi connectivity index (χ1) is 11.5. The lowest BCUT2D eigenvalue weighted by atomic mass is 10.2. The molecule has 0 bridgehead atoms. The number of aromatic hydroxyl groups is 1. The van der Waals surface area contributed by atoms with Gasteiger partial charge in [-0.2, -0.15) is 5.10 Å². The number of benzene rings is 2. The van der Waals surface area contributed by atoms with E-state index in [1.807, 2.05) is 19.1 Å². The van der Waals surface area contributed by atoms with Gasteiger partial charge in [-0.3, -0.25) is 4.79 Å². The van der Waals surface area contributed by atoms with Crippen molar-refractivity contribution in [2.24, 2.45) is 5.10 Å². The number of methoxy groups -OCH3 is 1. The summed E-state index contributed by atoms with van der Waals surface area (Å²) in [5.41, 5.74) is 4.60. The monoisotopic (exact) mass is 347 g/mol. The van der Waals surface area contributed by atoms with E-state index in [2.05, 4.69) is 15.8 Å². The molecule has 2 aromatic carbocycles. The van der Waals surface area contributed by atoms with Gasteiger partial charge in [0.1, 0.15) is 11.5 Å². The second-order valence-corrected chi connectivity index (χ2v) is 5.47. The molecule has 0 saturated heterocycles. The van der Waals surface area contributed by atoms with Gasteiger partial charge in [0, 0.05) is 16.3 Å². The lowest BCUT2D eigenvalue weighted by Gasteiger charge is -2.08. The van der Waals surface area contributed by atoms with Crippen LogP contribution < -0.4 is 15.5 Å². The number of hydrazone groups is 1. The summed E-state index contributed by atoms with van der Waals surface area (Å²) in [5.74, 6) is 0.312. The van der Waals surface area contributed by atoms with Crippen molar-refractivity contribution in [3.8, 4) is 11.5 Å². The van der Waals surface area contributed by atoms with Gasteiger partial charge in [-0.1, -0.05) is 11.6 Å². The van der Waals surface area contributed by atoms with Gasteiger partial charge in [-0.05, 0) is 48.9 Å². The molecule has 0 radical (unpaired) electrons. The molecule has 0 aromatic heterocycles. The van der Waals surface area contributed by atoms with Crippen molar-refractivity contribution in [3.63, 3.8) is 0 Å². The highest BCUT2D eigenvalue weighted by Crippen LogP contribution is 2.21. The summed E-state index contributed by atoms with van der Waals surface area (Å²) >= 11 is 5.89. The van der Waals surface area contributed by atoms with E-state index in [1.165, 1.54) is 19.4 Å². The summed E-state index contributed by atoms with van der Waals surface area (Å²) in [4.78, 5) is 11.8. The fourth-order valence-electron chi connectivity index (χ4n) is 1.98. The predicted molar refractivity (Wildman–Crippen MR) is 95.1 cm³/mol. The summed E-state index contributed by atoms with van der Waals surface area (Å²) < 4.78 is 5.06. The second-order valence-electron chi connectivity index (χ2n) is 5.03. The average molecular weight is 348 g/mol. The Labute approximate surface area is 145 Å². The Balaban J connectivity index is 1.89. The van der Waals surface area contributed by atoms with Gasteiger partial charge in [-0.15, -0.1) is 0 Å². The Morgan fingerprint density at radius 2 is 2.12 bits per heavy atom. The molecule has 7 heteroatoms. The first kappa shape index (κ1) is 17.6.